The Hall–Kier alpha value is -1.76. The molecule has 2 fully saturated rings. The van der Waals surface area contributed by atoms with Gasteiger partial charge in [0, 0.05) is 36.0 Å². The maximum absolute atomic E-state index is 13.0. The first-order valence-corrected chi connectivity index (χ1v) is 8.37. The molecule has 3 atom stereocenters. The molecule has 1 aliphatic heterocycles. The Balaban J connectivity index is 0.00000182. The average Bonchev–Trinajstić information content (AvgIpc) is 2.60. The van der Waals surface area contributed by atoms with Crippen LogP contribution in [0.1, 0.15) is 26.7 Å². The molecule has 1 aromatic heterocycles. The third kappa shape index (κ3) is 2.51. The third-order valence-electron chi connectivity index (χ3n) is 5.79. The van der Waals surface area contributed by atoms with Gasteiger partial charge < -0.3 is 15.8 Å². The first-order chi connectivity index (χ1) is 11.4. The summed E-state index contributed by atoms with van der Waals surface area (Å²) in [6, 6.07) is 5.50. The molecule has 1 saturated heterocycles. The highest BCUT2D eigenvalue weighted by molar-refractivity contribution is 6.01. The zero-order chi connectivity index (χ0) is 16.9. The van der Waals surface area contributed by atoms with Gasteiger partial charge in [-0.2, -0.15) is 0 Å². The van der Waals surface area contributed by atoms with Gasteiger partial charge >= 0.3 is 0 Å². The highest BCUT2D eigenvalue weighted by Gasteiger charge is 2.70. The van der Waals surface area contributed by atoms with Gasteiger partial charge in [0.05, 0.1) is 17.1 Å². The smallest absolute Gasteiger partial charge is 0.245 e. The van der Waals surface area contributed by atoms with Gasteiger partial charge in [0.2, 0.25) is 5.91 Å². The summed E-state index contributed by atoms with van der Waals surface area (Å²) in [5.74, 6) is -0.0796. The number of carbonyl (C=O) groups is 1. The fourth-order valence-electron chi connectivity index (χ4n) is 4.31. The minimum Gasteiger partial charge on any atom is -0.377 e. The summed E-state index contributed by atoms with van der Waals surface area (Å²) in [4.78, 5) is 21.5. The number of aromatic nitrogens is 2. The van der Waals surface area contributed by atoms with Crippen LogP contribution in [0, 0.1) is 11.3 Å². The van der Waals surface area contributed by atoms with E-state index in [4.69, 9.17) is 10.5 Å². The molecule has 3 N–H and O–H groups in total. The normalized spacial score (nSPS) is 29.9. The topological polar surface area (TPSA) is 90.1 Å². The fraction of sp³-hybridized carbons (Fsp3) is 0.500. The van der Waals surface area contributed by atoms with Gasteiger partial charge in [-0.05, 0) is 31.0 Å². The van der Waals surface area contributed by atoms with Crippen LogP contribution in [0.25, 0.3) is 11.0 Å². The summed E-state index contributed by atoms with van der Waals surface area (Å²) >= 11 is 0. The van der Waals surface area contributed by atoms with Crippen LogP contribution in [-0.4, -0.2) is 34.1 Å². The van der Waals surface area contributed by atoms with Crippen molar-refractivity contribution >= 4 is 35.0 Å². The first-order valence-electron chi connectivity index (χ1n) is 8.37. The van der Waals surface area contributed by atoms with Gasteiger partial charge in [0.1, 0.15) is 5.54 Å². The molecule has 0 radical (unpaired) electrons. The molecule has 2 aromatic rings. The number of anilines is 1. The van der Waals surface area contributed by atoms with Gasteiger partial charge in [-0.15, -0.1) is 12.4 Å². The van der Waals surface area contributed by atoms with Gasteiger partial charge in [-0.25, -0.2) is 0 Å². The lowest BCUT2D eigenvalue weighted by Gasteiger charge is -2.65. The molecule has 7 heteroatoms. The van der Waals surface area contributed by atoms with E-state index in [0.29, 0.717) is 5.69 Å². The first kappa shape index (κ1) is 18.0. The van der Waals surface area contributed by atoms with Crippen LogP contribution in [0.2, 0.25) is 0 Å². The number of amides is 1. The van der Waals surface area contributed by atoms with Crippen molar-refractivity contribution in [1.82, 2.24) is 9.97 Å². The number of rotatable bonds is 2. The number of hydrogen-bond donors (Lipinski definition) is 2. The molecule has 2 aliphatic rings. The van der Waals surface area contributed by atoms with E-state index >= 15 is 0 Å². The van der Waals surface area contributed by atoms with Crippen LogP contribution in [0.4, 0.5) is 5.69 Å². The van der Waals surface area contributed by atoms with E-state index in [-0.39, 0.29) is 30.3 Å². The Labute approximate surface area is 153 Å². The van der Waals surface area contributed by atoms with Crippen LogP contribution < -0.4 is 11.1 Å². The number of hydrogen-bond acceptors (Lipinski definition) is 5. The Morgan fingerprint density at radius 1 is 1.28 bits per heavy atom. The standard InChI is InChI=1S/C18H22N4O2.ClH/c1-17(2)15-12(4-3-9-24-15)18(17,19)16(23)22-11-5-6-13-14(10-11)21-8-7-20-13;/h5-8,10,12,15H,3-4,9,19H2,1-2H3,(H,22,23);1H. The Bertz CT molecular complexity index is 813. The van der Waals surface area contributed by atoms with Crippen LogP contribution in [0.5, 0.6) is 0 Å². The maximum Gasteiger partial charge on any atom is 0.245 e. The second kappa shape index (κ2) is 6.20. The molecule has 0 spiro atoms. The molecule has 1 saturated carbocycles. The van der Waals surface area contributed by atoms with E-state index in [2.05, 4.69) is 15.3 Å². The number of nitrogens with zero attached hydrogens (tertiary/aromatic N) is 2. The SMILES string of the molecule is CC1(C)C2OCCCC2C1(N)C(=O)Nc1ccc2nccnc2c1.Cl. The molecule has 1 amide bonds. The van der Waals surface area contributed by atoms with E-state index in [1.807, 2.05) is 32.0 Å². The molecule has 1 aliphatic carbocycles. The zero-order valence-electron chi connectivity index (χ0n) is 14.4. The van der Waals surface area contributed by atoms with Crippen molar-refractivity contribution in [1.29, 1.82) is 0 Å². The molecule has 134 valence electrons. The lowest BCUT2D eigenvalue weighted by molar-refractivity contribution is -0.222. The van der Waals surface area contributed by atoms with Gasteiger partial charge in [0.15, 0.2) is 0 Å². The van der Waals surface area contributed by atoms with Crippen LogP contribution in [0.3, 0.4) is 0 Å². The van der Waals surface area contributed by atoms with Crippen molar-refractivity contribution in [3.05, 3.63) is 30.6 Å². The van der Waals surface area contributed by atoms with Crippen LogP contribution in [0.15, 0.2) is 30.6 Å². The van der Waals surface area contributed by atoms with E-state index in [9.17, 15) is 4.79 Å². The van der Waals surface area contributed by atoms with Gasteiger partial charge in [0.25, 0.3) is 0 Å². The number of benzene rings is 1. The van der Waals surface area contributed by atoms with Crippen molar-refractivity contribution in [2.45, 2.75) is 38.3 Å². The Morgan fingerprint density at radius 3 is 2.76 bits per heavy atom. The van der Waals surface area contributed by atoms with E-state index in [1.54, 1.807) is 12.4 Å². The van der Waals surface area contributed by atoms with Gasteiger partial charge in [-0.1, -0.05) is 13.8 Å². The van der Waals surface area contributed by atoms with Crippen molar-refractivity contribution in [3.63, 3.8) is 0 Å². The van der Waals surface area contributed by atoms with Crippen molar-refractivity contribution < 1.29 is 9.53 Å². The predicted molar refractivity (Wildman–Crippen MR) is 98.6 cm³/mol. The lowest BCUT2D eigenvalue weighted by atomic mass is 9.46. The fourth-order valence-corrected chi connectivity index (χ4v) is 4.31. The molecule has 0 bridgehead atoms. The van der Waals surface area contributed by atoms with Gasteiger partial charge in [-0.3, -0.25) is 14.8 Å². The number of nitrogens with two attached hydrogens (primary N) is 1. The largest absolute Gasteiger partial charge is 0.377 e. The third-order valence-corrected chi connectivity index (χ3v) is 5.79. The number of fused-ring (bicyclic) bond motifs is 2. The van der Waals surface area contributed by atoms with E-state index in [0.717, 1.165) is 30.5 Å². The Morgan fingerprint density at radius 2 is 2.00 bits per heavy atom. The van der Waals surface area contributed by atoms with Crippen molar-refractivity contribution in [2.24, 2.45) is 17.1 Å². The highest BCUT2D eigenvalue weighted by Crippen LogP contribution is 2.57. The Kier molecular flexibility index (Phi) is 4.47. The minimum atomic E-state index is -0.921. The van der Waals surface area contributed by atoms with E-state index < -0.39 is 11.0 Å². The summed E-state index contributed by atoms with van der Waals surface area (Å²) in [5, 5.41) is 2.98. The maximum atomic E-state index is 13.0. The second-order valence-corrected chi connectivity index (χ2v) is 7.34. The van der Waals surface area contributed by atoms with Crippen molar-refractivity contribution in [3.8, 4) is 0 Å². The summed E-state index contributed by atoms with van der Waals surface area (Å²) in [6.45, 7) is 4.79. The molecular formula is C18H23ClN4O2. The number of halogens is 1. The number of ether oxygens (including phenoxy) is 1. The monoisotopic (exact) mass is 362 g/mol. The lowest BCUT2D eigenvalue weighted by Crippen LogP contribution is -2.81. The molecule has 4 rings (SSSR count). The molecule has 25 heavy (non-hydrogen) atoms. The molecule has 6 nitrogen and oxygen atoms in total. The van der Waals surface area contributed by atoms with Crippen molar-refractivity contribution in [2.75, 3.05) is 11.9 Å². The summed E-state index contributed by atoms with van der Waals surface area (Å²) in [6.07, 6.45) is 5.23. The number of nitrogens with one attached hydrogen (secondary N) is 1. The summed E-state index contributed by atoms with van der Waals surface area (Å²) < 4.78 is 5.87. The molecule has 2 heterocycles. The predicted octanol–water partition coefficient (Wildman–Crippen LogP) is 2.52. The minimum absolute atomic E-state index is 0. The number of carbonyl (C=O) groups excluding carboxylic acids is 1. The molecular weight excluding hydrogens is 340 g/mol. The quantitative estimate of drug-likeness (QED) is 0.856. The average molecular weight is 363 g/mol. The molecule has 3 unspecified atom stereocenters. The highest BCUT2D eigenvalue weighted by atomic mass is 35.5. The zero-order valence-corrected chi connectivity index (χ0v) is 15.2. The van der Waals surface area contributed by atoms with Crippen LogP contribution >= 0.6 is 12.4 Å². The molecule has 1 aromatic carbocycles. The van der Waals surface area contributed by atoms with Crippen LogP contribution in [-0.2, 0) is 9.53 Å². The summed E-state index contributed by atoms with van der Waals surface area (Å²) in [7, 11) is 0. The second-order valence-electron chi connectivity index (χ2n) is 7.34. The van der Waals surface area contributed by atoms with E-state index in [1.165, 1.54) is 0 Å². The summed E-state index contributed by atoms with van der Waals surface area (Å²) in [5.41, 5.74) is 7.53.